The van der Waals surface area contributed by atoms with Crippen LogP contribution in [0.2, 0.25) is 0 Å². The van der Waals surface area contributed by atoms with Crippen molar-refractivity contribution in [2.75, 3.05) is 6.79 Å². The van der Waals surface area contributed by atoms with E-state index in [-0.39, 0.29) is 12.7 Å². The van der Waals surface area contributed by atoms with Crippen molar-refractivity contribution >= 4 is 22.2 Å². The predicted molar refractivity (Wildman–Crippen MR) is 73.5 cm³/mol. The lowest BCUT2D eigenvalue weighted by atomic mass is 9.88. The highest BCUT2D eigenvalue weighted by molar-refractivity contribution is 9.10. The molecule has 0 spiro atoms. The van der Waals surface area contributed by atoms with Crippen molar-refractivity contribution < 1.29 is 14.3 Å². The minimum absolute atomic E-state index is 0.186. The van der Waals surface area contributed by atoms with E-state index in [1.807, 2.05) is 6.07 Å². The first-order valence-corrected chi connectivity index (χ1v) is 6.91. The third-order valence-electron chi connectivity index (χ3n) is 3.23. The molecule has 0 aromatic heterocycles. The average molecular weight is 313 g/mol. The third-order valence-corrected chi connectivity index (χ3v) is 4.02. The molecule has 0 bridgehead atoms. The largest absolute Gasteiger partial charge is 0.454 e. The van der Waals surface area contributed by atoms with Crippen LogP contribution in [-0.2, 0) is 4.79 Å². The number of hydrogen-bond acceptors (Lipinski definition) is 3. The number of fused-ring (bicyclic) bond motifs is 1. The van der Waals surface area contributed by atoms with Gasteiger partial charge in [-0.1, -0.05) is 20.8 Å². The summed E-state index contributed by atoms with van der Waals surface area (Å²) in [6, 6.07) is 2.01. The number of benzene rings is 1. The zero-order valence-electron chi connectivity index (χ0n) is 10.8. The Balaban J connectivity index is 2.56. The van der Waals surface area contributed by atoms with Crippen molar-refractivity contribution in [2.45, 2.75) is 39.0 Å². The van der Waals surface area contributed by atoms with Gasteiger partial charge in [0, 0.05) is 6.42 Å². The maximum absolute atomic E-state index is 10.7. The lowest BCUT2D eigenvalue weighted by molar-refractivity contribution is -0.108. The Hall–Kier alpha value is -1.03. The van der Waals surface area contributed by atoms with Crippen LogP contribution in [0.15, 0.2) is 10.5 Å². The first kappa shape index (κ1) is 13.4. The molecule has 0 N–H and O–H groups in total. The lowest BCUT2D eigenvalue weighted by Crippen LogP contribution is -2.03. The number of carbonyl (C=O) groups is 1. The molecule has 1 unspecified atom stereocenters. The van der Waals surface area contributed by atoms with Gasteiger partial charge >= 0.3 is 0 Å². The normalized spacial score (nSPS) is 14.9. The van der Waals surface area contributed by atoms with Gasteiger partial charge in [0.2, 0.25) is 6.79 Å². The molecule has 0 amide bonds. The molecular formula is C14H17BrO3. The second-order valence-electron chi connectivity index (χ2n) is 4.89. The Kier molecular flexibility index (Phi) is 3.95. The van der Waals surface area contributed by atoms with Crippen LogP contribution in [0.3, 0.4) is 0 Å². The highest BCUT2D eigenvalue weighted by Crippen LogP contribution is 2.47. The zero-order chi connectivity index (χ0) is 13.3. The average Bonchev–Trinajstić information content (AvgIpc) is 2.76. The van der Waals surface area contributed by atoms with E-state index < -0.39 is 0 Å². The smallest absolute Gasteiger partial charge is 0.231 e. The molecule has 0 fully saturated rings. The second kappa shape index (κ2) is 5.31. The van der Waals surface area contributed by atoms with Crippen LogP contribution in [0.4, 0.5) is 0 Å². The Morgan fingerprint density at radius 2 is 2.11 bits per heavy atom. The van der Waals surface area contributed by atoms with Gasteiger partial charge in [-0.2, -0.15) is 0 Å². The monoisotopic (exact) mass is 312 g/mol. The minimum atomic E-state index is 0.186. The maximum Gasteiger partial charge on any atom is 0.231 e. The Morgan fingerprint density at radius 3 is 2.72 bits per heavy atom. The summed E-state index contributed by atoms with van der Waals surface area (Å²) in [6.45, 7) is 6.60. The molecule has 0 saturated carbocycles. The summed E-state index contributed by atoms with van der Waals surface area (Å²) < 4.78 is 11.9. The van der Waals surface area contributed by atoms with Crippen LogP contribution in [0.5, 0.6) is 11.5 Å². The van der Waals surface area contributed by atoms with Crippen molar-refractivity contribution in [3.63, 3.8) is 0 Å². The number of rotatable bonds is 4. The lowest BCUT2D eigenvalue weighted by Gasteiger charge is -2.20. The van der Waals surface area contributed by atoms with Crippen LogP contribution in [0, 0.1) is 0 Å². The van der Waals surface area contributed by atoms with E-state index in [1.54, 1.807) is 0 Å². The van der Waals surface area contributed by atoms with E-state index in [1.165, 1.54) is 5.56 Å². The summed E-state index contributed by atoms with van der Waals surface area (Å²) in [6.07, 6.45) is 1.49. The van der Waals surface area contributed by atoms with Crippen molar-refractivity contribution in [1.82, 2.24) is 0 Å². The Labute approximate surface area is 116 Å². The maximum atomic E-state index is 10.7. The fourth-order valence-corrected chi connectivity index (χ4v) is 3.30. The summed E-state index contributed by atoms with van der Waals surface area (Å²) in [7, 11) is 0. The summed E-state index contributed by atoms with van der Waals surface area (Å²) in [5, 5.41) is 0. The molecule has 1 aromatic carbocycles. The summed E-state index contributed by atoms with van der Waals surface area (Å²) >= 11 is 3.61. The van der Waals surface area contributed by atoms with Gasteiger partial charge in [0.05, 0.1) is 4.47 Å². The van der Waals surface area contributed by atoms with Gasteiger partial charge in [0.1, 0.15) is 6.29 Å². The van der Waals surface area contributed by atoms with E-state index in [2.05, 4.69) is 36.7 Å². The summed E-state index contributed by atoms with van der Waals surface area (Å²) in [4.78, 5) is 10.7. The molecule has 0 aliphatic carbocycles. The fraction of sp³-hybridized carbons (Fsp3) is 0.500. The van der Waals surface area contributed by atoms with Gasteiger partial charge < -0.3 is 14.3 Å². The number of ether oxygens (including phenoxy) is 2. The predicted octanol–water partition coefficient (Wildman–Crippen LogP) is 3.99. The van der Waals surface area contributed by atoms with Gasteiger partial charge in [0.15, 0.2) is 11.5 Å². The molecule has 1 aromatic rings. The van der Waals surface area contributed by atoms with Crippen LogP contribution in [0.25, 0.3) is 0 Å². The van der Waals surface area contributed by atoms with E-state index in [0.29, 0.717) is 12.3 Å². The van der Waals surface area contributed by atoms with E-state index in [9.17, 15) is 4.79 Å². The van der Waals surface area contributed by atoms with Crippen LogP contribution >= 0.6 is 15.9 Å². The van der Waals surface area contributed by atoms with E-state index >= 15 is 0 Å². The molecule has 0 radical (unpaired) electrons. The Morgan fingerprint density at radius 1 is 1.39 bits per heavy atom. The molecule has 3 nitrogen and oxygen atoms in total. The first-order valence-electron chi connectivity index (χ1n) is 6.11. The highest BCUT2D eigenvalue weighted by atomic mass is 79.9. The second-order valence-corrected chi connectivity index (χ2v) is 5.68. The number of hydrogen-bond donors (Lipinski definition) is 0. The van der Waals surface area contributed by atoms with Crippen LogP contribution in [-0.4, -0.2) is 13.1 Å². The third kappa shape index (κ3) is 2.26. The molecule has 1 aliphatic rings. The topological polar surface area (TPSA) is 35.5 Å². The fourth-order valence-electron chi connectivity index (χ4n) is 2.30. The van der Waals surface area contributed by atoms with Gasteiger partial charge in [-0.15, -0.1) is 0 Å². The van der Waals surface area contributed by atoms with Gasteiger partial charge in [-0.25, -0.2) is 0 Å². The van der Waals surface area contributed by atoms with E-state index in [4.69, 9.17) is 9.47 Å². The minimum Gasteiger partial charge on any atom is -0.454 e. The van der Waals surface area contributed by atoms with Gasteiger partial charge in [-0.3, -0.25) is 0 Å². The molecule has 98 valence electrons. The molecule has 1 atom stereocenters. The molecule has 2 rings (SSSR count). The van der Waals surface area contributed by atoms with Crippen molar-refractivity contribution in [1.29, 1.82) is 0 Å². The van der Waals surface area contributed by atoms with Crippen molar-refractivity contribution in [3.05, 3.63) is 21.7 Å². The summed E-state index contributed by atoms with van der Waals surface area (Å²) in [5.74, 6) is 2.09. The molecule has 1 aliphatic heterocycles. The van der Waals surface area contributed by atoms with Crippen molar-refractivity contribution in [2.24, 2.45) is 0 Å². The van der Waals surface area contributed by atoms with Crippen LogP contribution in [0.1, 0.15) is 50.2 Å². The number of carbonyl (C=O) groups excluding carboxylic acids is 1. The SMILES string of the molecule is CC(C)c1c(C(C)CC=O)cc2c(c1Br)OCO2. The molecular weight excluding hydrogens is 296 g/mol. The quantitative estimate of drug-likeness (QED) is 0.788. The van der Waals surface area contributed by atoms with Gasteiger partial charge in [-0.05, 0) is 45.0 Å². The van der Waals surface area contributed by atoms with E-state index in [0.717, 1.165) is 27.8 Å². The molecule has 4 heteroatoms. The molecule has 0 saturated heterocycles. The van der Waals surface area contributed by atoms with Crippen molar-refractivity contribution in [3.8, 4) is 11.5 Å². The first-order chi connectivity index (χ1) is 8.56. The zero-order valence-corrected chi connectivity index (χ0v) is 12.4. The molecule has 1 heterocycles. The van der Waals surface area contributed by atoms with Crippen LogP contribution < -0.4 is 9.47 Å². The summed E-state index contributed by atoms with van der Waals surface area (Å²) in [5.41, 5.74) is 2.36. The number of halogens is 1. The number of aldehydes is 1. The highest BCUT2D eigenvalue weighted by Gasteiger charge is 2.26. The molecule has 18 heavy (non-hydrogen) atoms. The van der Waals surface area contributed by atoms with Gasteiger partial charge in [0.25, 0.3) is 0 Å². The Bertz CT molecular complexity index is 469. The standard InChI is InChI=1S/C14H17BrO3/c1-8(2)12-10(9(3)4-5-16)6-11-14(13(12)15)18-7-17-11/h5-6,8-9H,4,7H2,1-3H3.